The van der Waals surface area contributed by atoms with E-state index in [4.69, 9.17) is 14.2 Å². The summed E-state index contributed by atoms with van der Waals surface area (Å²) in [7, 11) is 0. The van der Waals surface area contributed by atoms with Crippen LogP contribution >= 0.6 is 0 Å². The van der Waals surface area contributed by atoms with Crippen molar-refractivity contribution in [3.63, 3.8) is 0 Å². The molecule has 122 valence electrons. The third kappa shape index (κ3) is 17.9. The molecule has 0 N–H and O–H groups in total. The molecule has 0 saturated carbocycles. The van der Waals surface area contributed by atoms with E-state index < -0.39 is 0 Å². The first-order valence-electron chi connectivity index (χ1n) is 8.65. The molecule has 0 saturated heterocycles. The van der Waals surface area contributed by atoms with Gasteiger partial charge < -0.3 is 14.2 Å². The van der Waals surface area contributed by atoms with Gasteiger partial charge in [-0.15, -0.1) is 0 Å². The normalized spacial score (nSPS) is 11.1. The maximum atomic E-state index is 5.52. The third-order valence-electron chi connectivity index (χ3n) is 3.28. The molecule has 0 unspecified atom stereocenters. The van der Waals surface area contributed by atoms with Crippen molar-refractivity contribution < 1.29 is 14.2 Å². The highest BCUT2D eigenvalue weighted by molar-refractivity contribution is 4.42. The number of hydrogen-bond acceptors (Lipinski definition) is 3. The van der Waals surface area contributed by atoms with Gasteiger partial charge in [-0.05, 0) is 12.8 Å². The first-order valence-corrected chi connectivity index (χ1v) is 8.65. The molecule has 0 fully saturated rings. The quantitative estimate of drug-likeness (QED) is 0.366. The van der Waals surface area contributed by atoms with Gasteiger partial charge >= 0.3 is 0 Å². The molecule has 0 aromatic heterocycles. The molecule has 3 nitrogen and oxygen atoms in total. The molecule has 0 bridgehead atoms. The van der Waals surface area contributed by atoms with E-state index in [9.17, 15) is 0 Å². The van der Waals surface area contributed by atoms with Gasteiger partial charge in [-0.25, -0.2) is 0 Å². The van der Waals surface area contributed by atoms with Gasteiger partial charge in [-0.2, -0.15) is 0 Å². The summed E-state index contributed by atoms with van der Waals surface area (Å²) < 4.78 is 16.5. The number of ether oxygens (including phenoxy) is 3. The molecular weight excluding hydrogens is 252 g/mol. The molecule has 3 heteroatoms. The Balaban J connectivity index is 2.89. The van der Waals surface area contributed by atoms with E-state index in [1.54, 1.807) is 0 Å². The zero-order valence-corrected chi connectivity index (χ0v) is 13.8. The van der Waals surface area contributed by atoms with Crippen LogP contribution in [0, 0.1) is 0 Å². The topological polar surface area (TPSA) is 27.7 Å². The molecular formula is C17H36O3. The van der Waals surface area contributed by atoms with E-state index in [1.807, 2.05) is 0 Å². The Hall–Kier alpha value is -0.120. The van der Waals surface area contributed by atoms with Gasteiger partial charge in [-0.3, -0.25) is 0 Å². The van der Waals surface area contributed by atoms with E-state index in [0.29, 0.717) is 26.4 Å². The second-order valence-corrected chi connectivity index (χ2v) is 5.31. The van der Waals surface area contributed by atoms with Gasteiger partial charge in [0.2, 0.25) is 0 Å². The van der Waals surface area contributed by atoms with Crippen LogP contribution in [0.5, 0.6) is 0 Å². The van der Waals surface area contributed by atoms with Gasteiger partial charge in [0.15, 0.2) is 0 Å². The highest BCUT2D eigenvalue weighted by atomic mass is 16.5. The fourth-order valence-electron chi connectivity index (χ4n) is 1.98. The summed E-state index contributed by atoms with van der Waals surface area (Å²) >= 11 is 0. The van der Waals surface area contributed by atoms with E-state index in [-0.39, 0.29) is 0 Å². The number of unbranched alkanes of at least 4 members (excludes halogenated alkanes) is 7. The lowest BCUT2D eigenvalue weighted by molar-refractivity contribution is 0.0132. The van der Waals surface area contributed by atoms with E-state index in [2.05, 4.69) is 13.8 Å². The average molecular weight is 288 g/mol. The molecule has 0 rings (SSSR count). The summed E-state index contributed by atoms with van der Waals surface area (Å²) in [6, 6.07) is 0. The summed E-state index contributed by atoms with van der Waals surface area (Å²) in [5.41, 5.74) is 0. The first kappa shape index (κ1) is 19.9. The maximum Gasteiger partial charge on any atom is 0.0701 e. The van der Waals surface area contributed by atoms with Crippen LogP contribution in [0.25, 0.3) is 0 Å². The van der Waals surface area contributed by atoms with Gasteiger partial charge in [-0.1, -0.05) is 58.8 Å². The van der Waals surface area contributed by atoms with Crippen LogP contribution in [0.15, 0.2) is 0 Å². The van der Waals surface area contributed by atoms with Crippen molar-refractivity contribution >= 4 is 0 Å². The molecule has 0 aromatic rings. The molecule has 0 radical (unpaired) electrons. The standard InChI is InChI=1S/C17H36O3/c1-3-5-7-9-11-13-19-15-17-20-16-14-18-12-10-8-6-4-2/h3-17H2,1-2H3. The minimum atomic E-state index is 0.688. The largest absolute Gasteiger partial charge is 0.379 e. The van der Waals surface area contributed by atoms with Crippen molar-refractivity contribution in [2.75, 3.05) is 39.6 Å². The summed E-state index contributed by atoms with van der Waals surface area (Å²) in [4.78, 5) is 0. The van der Waals surface area contributed by atoms with Crippen LogP contribution < -0.4 is 0 Å². The monoisotopic (exact) mass is 288 g/mol. The van der Waals surface area contributed by atoms with E-state index in [1.165, 1.54) is 57.8 Å². The Morgan fingerprint density at radius 2 is 0.750 bits per heavy atom. The Morgan fingerprint density at radius 1 is 0.400 bits per heavy atom. The predicted molar refractivity (Wildman–Crippen MR) is 85.4 cm³/mol. The predicted octanol–water partition coefficient (Wildman–Crippen LogP) is 4.59. The second-order valence-electron chi connectivity index (χ2n) is 5.31. The lowest BCUT2D eigenvalue weighted by atomic mass is 10.2. The number of rotatable bonds is 17. The Labute approximate surface area is 126 Å². The zero-order valence-electron chi connectivity index (χ0n) is 13.8. The lowest BCUT2D eigenvalue weighted by Gasteiger charge is -2.07. The minimum absolute atomic E-state index is 0.688. The first-order chi connectivity index (χ1) is 9.91. The van der Waals surface area contributed by atoms with Gasteiger partial charge in [0, 0.05) is 13.2 Å². The fraction of sp³-hybridized carbons (Fsp3) is 1.00. The van der Waals surface area contributed by atoms with Gasteiger partial charge in [0.1, 0.15) is 0 Å². The zero-order chi connectivity index (χ0) is 14.7. The summed E-state index contributed by atoms with van der Waals surface area (Å²) in [5.74, 6) is 0. The smallest absolute Gasteiger partial charge is 0.0701 e. The Morgan fingerprint density at radius 3 is 1.20 bits per heavy atom. The molecule has 0 aromatic carbocycles. The van der Waals surface area contributed by atoms with Crippen molar-refractivity contribution in [3.05, 3.63) is 0 Å². The lowest BCUT2D eigenvalue weighted by Crippen LogP contribution is -2.10. The highest BCUT2D eigenvalue weighted by Gasteiger charge is 1.93. The summed E-state index contributed by atoms with van der Waals surface area (Å²) in [6.07, 6.45) is 11.5. The summed E-state index contributed by atoms with van der Waals surface area (Å²) in [6.45, 7) is 9.01. The fourth-order valence-corrected chi connectivity index (χ4v) is 1.98. The van der Waals surface area contributed by atoms with Crippen molar-refractivity contribution in [1.29, 1.82) is 0 Å². The molecule has 0 heterocycles. The van der Waals surface area contributed by atoms with E-state index in [0.717, 1.165) is 13.2 Å². The molecule has 0 aliphatic rings. The summed E-state index contributed by atoms with van der Waals surface area (Å²) in [5, 5.41) is 0. The van der Waals surface area contributed by atoms with Crippen molar-refractivity contribution in [1.82, 2.24) is 0 Å². The van der Waals surface area contributed by atoms with Crippen LogP contribution in [-0.2, 0) is 14.2 Å². The highest BCUT2D eigenvalue weighted by Crippen LogP contribution is 2.02. The molecule has 0 amide bonds. The average Bonchev–Trinajstić information content (AvgIpc) is 2.47. The van der Waals surface area contributed by atoms with Crippen molar-refractivity contribution in [2.24, 2.45) is 0 Å². The van der Waals surface area contributed by atoms with Gasteiger partial charge in [0.25, 0.3) is 0 Å². The molecule has 0 aliphatic carbocycles. The van der Waals surface area contributed by atoms with Crippen LogP contribution in [-0.4, -0.2) is 39.6 Å². The van der Waals surface area contributed by atoms with Crippen molar-refractivity contribution in [2.45, 2.75) is 71.6 Å². The van der Waals surface area contributed by atoms with Crippen LogP contribution in [0.1, 0.15) is 71.6 Å². The maximum absolute atomic E-state index is 5.52. The third-order valence-corrected chi connectivity index (χ3v) is 3.28. The SMILES string of the molecule is CCCCCCCOCCOCCOCCCCCC. The Kier molecular flexibility index (Phi) is 18.8. The van der Waals surface area contributed by atoms with Crippen LogP contribution in [0.4, 0.5) is 0 Å². The van der Waals surface area contributed by atoms with Crippen molar-refractivity contribution in [3.8, 4) is 0 Å². The molecule has 0 spiro atoms. The minimum Gasteiger partial charge on any atom is -0.379 e. The molecule has 0 atom stereocenters. The van der Waals surface area contributed by atoms with Crippen LogP contribution in [0.2, 0.25) is 0 Å². The molecule has 0 aliphatic heterocycles. The second kappa shape index (κ2) is 18.9. The van der Waals surface area contributed by atoms with Gasteiger partial charge in [0.05, 0.1) is 26.4 Å². The number of hydrogen-bond donors (Lipinski definition) is 0. The Bertz CT molecular complexity index is 144. The van der Waals surface area contributed by atoms with Crippen LogP contribution in [0.3, 0.4) is 0 Å². The molecule has 20 heavy (non-hydrogen) atoms. The van der Waals surface area contributed by atoms with E-state index >= 15 is 0 Å².